The molecular weight excluding hydrogens is 246 g/mol. The van der Waals surface area contributed by atoms with E-state index in [-0.39, 0.29) is 0 Å². The molecule has 0 aliphatic carbocycles. The molecule has 0 aromatic carbocycles. The maximum Gasteiger partial charge on any atom is 0.318 e. The summed E-state index contributed by atoms with van der Waals surface area (Å²) in [7, 11) is 1.53. The zero-order valence-corrected chi connectivity index (χ0v) is 11.2. The lowest BCUT2D eigenvalue weighted by atomic mass is 10.2. The minimum atomic E-state index is 0.323. The van der Waals surface area contributed by atoms with Gasteiger partial charge in [0, 0.05) is 6.04 Å². The van der Waals surface area contributed by atoms with Crippen LogP contribution < -0.4 is 10.1 Å². The van der Waals surface area contributed by atoms with E-state index in [1.165, 1.54) is 13.3 Å². The molecule has 1 unspecified atom stereocenters. The fraction of sp³-hybridized carbons (Fsp3) is 0.600. The number of thioether (sulfide) groups is 1. The van der Waals surface area contributed by atoms with E-state index in [9.17, 15) is 0 Å². The molecule has 0 saturated carbocycles. The normalized spacial score (nSPS) is 12.2. The number of methoxy groups -OCH3 is 1. The monoisotopic (exact) mass is 261 g/mol. The maximum absolute atomic E-state index is 5.98. The summed E-state index contributed by atoms with van der Waals surface area (Å²) in [5.41, 5.74) is 0. The number of nitrogens with one attached hydrogen (secondary N) is 1. The average Bonchev–Trinajstić information content (AvgIpc) is 2.29. The molecule has 6 heteroatoms. The third-order valence-corrected chi connectivity index (χ3v) is 2.96. The Balaban J connectivity index is 2.64. The van der Waals surface area contributed by atoms with Gasteiger partial charge >= 0.3 is 6.01 Å². The van der Waals surface area contributed by atoms with Crippen LogP contribution in [0.2, 0.25) is 5.02 Å². The lowest BCUT2D eigenvalue weighted by Crippen LogP contribution is -2.17. The smallest absolute Gasteiger partial charge is 0.318 e. The van der Waals surface area contributed by atoms with Crippen LogP contribution in [0.25, 0.3) is 0 Å². The number of hydrogen-bond donors (Lipinski definition) is 1. The molecule has 1 aromatic rings. The summed E-state index contributed by atoms with van der Waals surface area (Å²) >= 11 is 7.80. The Bertz CT molecular complexity index is 338. The molecule has 0 saturated heterocycles. The minimum absolute atomic E-state index is 0.323. The van der Waals surface area contributed by atoms with Crippen molar-refractivity contribution in [2.24, 2.45) is 0 Å². The van der Waals surface area contributed by atoms with Gasteiger partial charge in [0.2, 0.25) is 0 Å². The molecule has 16 heavy (non-hydrogen) atoms. The number of halogens is 1. The van der Waals surface area contributed by atoms with Crippen molar-refractivity contribution in [1.29, 1.82) is 0 Å². The fourth-order valence-electron chi connectivity index (χ4n) is 1.15. The Morgan fingerprint density at radius 3 is 3.00 bits per heavy atom. The van der Waals surface area contributed by atoms with Gasteiger partial charge in [-0.05, 0) is 25.4 Å². The van der Waals surface area contributed by atoms with E-state index in [0.717, 1.165) is 12.2 Å². The van der Waals surface area contributed by atoms with E-state index < -0.39 is 0 Å². The molecule has 1 rings (SSSR count). The molecule has 1 N–H and O–H groups in total. The second kappa shape index (κ2) is 6.81. The first-order chi connectivity index (χ1) is 7.67. The van der Waals surface area contributed by atoms with Crippen LogP contribution in [0.15, 0.2) is 6.20 Å². The highest BCUT2D eigenvalue weighted by Crippen LogP contribution is 2.21. The lowest BCUT2D eigenvalue weighted by Gasteiger charge is -2.14. The second-order valence-electron chi connectivity index (χ2n) is 3.38. The van der Waals surface area contributed by atoms with Crippen molar-refractivity contribution in [3.63, 3.8) is 0 Å². The number of anilines is 1. The summed E-state index contributed by atoms with van der Waals surface area (Å²) in [6.07, 6.45) is 4.69. The summed E-state index contributed by atoms with van der Waals surface area (Å²) < 4.78 is 4.95. The number of ether oxygens (including phenoxy) is 1. The van der Waals surface area contributed by atoms with Crippen LogP contribution in [0, 0.1) is 0 Å². The van der Waals surface area contributed by atoms with Crippen molar-refractivity contribution in [2.45, 2.75) is 19.4 Å². The predicted molar refractivity (Wildman–Crippen MR) is 69.7 cm³/mol. The molecule has 0 aliphatic rings. The van der Waals surface area contributed by atoms with Crippen molar-refractivity contribution >= 4 is 29.2 Å². The van der Waals surface area contributed by atoms with Gasteiger partial charge in [-0.1, -0.05) is 11.6 Å². The highest BCUT2D eigenvalue weighted by Gasteiger charge is 2.08. The van der Waals surface area contributed by atoms with Crippen molar-refractivity contribution in [2.75, 3.05) is 24.4 Å². The van der Waals surface area contributed by atoms with Gasteiger partial charge in [0.05, 0.1) is 13.3 Å². The molecule has 0 amide bonds. The minimum Gasteiger partial charge on any atom is -0.467 e. The molecule has 1 aromatic heterocycles. The summed E-state index contributed by atoms with van der Waals surface area (Å²) in [4.78, 5) is 8.07. The Hall–Kier alpha value is -0.680. The van der Waals surface area contributed by atoms with Crippen LogP contribution >= 0.6 is 23.4 Å². The number of nitrogens with zero attached hydrogens (tertiary/aromatic N) is 2. The first kappa shape index (κ1) is 13.4. The van der Waals surface area contributed by atoms with Crippen molar-refractivity contribution in [3.8, 4) is 6.01 Å². The third-order valence-electron chi connectivity index (χ3n) is 2.04. The maximum atomic E-state index is 5.98. The van der Waals surface area contributed by atoms with Crippen LogP contribution in [-0.2, 0) is 0 Å². The van der Waals surface area contributed by atoms with E-state index >= 15 is 0 Å². The summed E-state index contributed by atoms with van der Waals surface area (Å²) in [5, 5.41) is 3.75. The summed E-state index contributed by atoms with van der Waals surface area (Å²) in [6.45, 7) is 2.10. The molecule has 0 aliphatic heterocycles. The molecule has 0 radical (unpaired) electrons. The number of aromatic nitrogens is 2. The van der Waals surface area contributed by atoms with E-state index in [1.54, 1.807) is 0 Å². The summed E-state index contributed by atoms with van der Waals surface area (Å²) in [5.74, 6) is 1.73. The van der Waals surface area contributed by atoms with Gasteiger partial charge in [-0.15, -0.1) is 0 Å². The van der Waals surface area contributed by atoms with Gasteiger partial charge in [-0.25, -0.2) is 4.98 Å². The highest BCUT2D eigenvalue weighted by molar-refractivity contribution is 7.98. The molecular formula is C10H16ClN3OS. The fourth-order valence-corrected chi connectivity index (χ4v) is 1.89. The van der Waals surface area contributed by atoms with Crippen molar-refractivity contribution in [3.05, 3.63) is 11.2 Å². The van der Waals surface area contributed by atoms with Gasteiger partial charge in [0.15, 0.2) is 5.82 Å². The van der Waals surface area contributed by atoms with Gasteiger partial charge < -0.3 is 10.1 Å². The van der Waals surface area contributed by atoms with Crippen LogP contribution in [0.1, 0.15) is 13.3 Å². The van der Waals surface area contributed by atoms with E-state index in [1.807, 2.05) is 11.8 Å². The largest absolute Gasteiger partial charge is 0.467 e. The molecule has 0 bridgehead atoms. The zero-order valence-electron chi connectivity index (χ0n) is 9.66. The van der Waals surface area contributed by atoms with E-state index in [4.69, 9.17) is 16.3 Å². The van der Waals surface area contributed by atoms with Crippen LogP contribution in [-0.4, -0.2) is 35.1 Å². The van der Waals surface area contributed by atoms with Crippen LogP contribution in [0.4, 0.5) is 5.82 Å². The van der Waals surface area contributed by atoms with E-state index in [0.29, 0.717) is 22.9 Å². The Morgan fingerprint density at radius 1 is 1.62 bits per heavy atom. The molecule has 4 nitrogen and oxygen atoms in total. The standard InChI is InChI=1S/C10H16ClN3OS/c1-7(4-5-16-3)13-9-8(11)6-12-10(14-9)15-2/h6-7H,4-5H2,1-3H3,(H,12,13,14). The Morgan fingerprint density at radius 2 is 2.38 bits per heavy atom. The zero-order chi connectivity index (χ0) is 12.0. The van der Waals surface area contributed by atoms with Crippen LogP contribution in [0.5, 0.6) is 6.01 Å². The topological polar surface area (TPSA) is 47.0 Å². The molecule has 1 heterocycles. The first-order valence-electron chi connectivity index (χ1n) is 4.99. The SMILES string of the molecule is COc1ncc(Cl)c(NC(C)CCSC)n1. The molecule has 1 atom stereocenters. The Labute approximate surface area is 105 Å². The third kappa shape index (κ3) is 4.06. The first-order valence-corrected chi connectivity index (χ1v) is 6.76. The van der Waals surface area contributed by atoms with E-state index in [2.05, 4.69) is 28.5 Å². The lowest BCUT2D eigenvalue weighted by molar-refractivity contribution is 0.380. The average molecular weight is 262 g/mol. The summed E-state index contributed by atoms with van der Waals surface area (Å²) in [6, 6.07) is 0.647. The number of hydrogen-bond acceptors (Lipinski definition) is 5. The molecule has 0 fully saturated rings. The Kier molecular flexibility index (Phi) is 5.69. The number of rotatable bonds is 6. The molecule has 0 spiro atoms. The van der Waals surface area contributed by atoms with Gasteiger partial charge in [-0.2, -0.15) is 16.7 Å². The van der Waals surface area contributed by atoms with Gasteiger partial charge in [0.25, 0.3) is 0 Å². The van der Waals surface area contributed by atoms with Crippen molar-refractivity contribution in [1.82, 2.24) is 9.97 Å². The second-order valence-corrected chi connectivity index (χ2v) is 4.77. The molecule has 90 valence electrons. The van der Waals surface area contributed by atoms with Crippen LogP contribution in [0.3, 0.4) is 0 Å². The quantitative estimate of drug-likeness (QED) is 0.853. The van der Waals surface area contributed by atoms with Crippen molar-refractivity contribution < 1.29 is 4.74 Å². The highest BCUT2D eigenvalue weighted by atomic mass is 35.5. The predicted octanol–water partition coefficient (Wildman–Crippen LogP) is 2.69. The van der Waals surface area contributed by atoms with Gasteiger partial charge in [0.1, 0.15) is 5.02 Å². The van der Waals surface area contributed by atoms with Gasteiger partial charge in [-0.3, -0.25) is 0 Å².